The van der Waals surface area contributed by atoms with E-state index < -0.39 is 5.97 Å². The van der Waals surface area contributed by atoms with E-state index in [-0.39, 0.29) is 12.4 Å². The Morgan fingerprint density at radius 3 is 2.38 bits per heavy atom. The van der Waals surface area contributed by atoms with Crippen LogP contribution in [-0.2, 0) is 4.74 Å². The second-order valence-corrected chi connectivity index (χ2v) is 8.20. The fourth-order valence-corrected chi connectivity index (χ4v) is 3.69. The van der Waals surface area contributed by atoms with Crippen LogP contribution in [0.1, 0.15) is 37.4 Å². The van der Waals surface area contributed by atoms with Crippen molar-refractivity contribution in [3.63, 3.8) is 0 Å². The van der Waals surface area contributed by atoms with Gasteiger partial charge in [-0.05, 0) is 55.7 Å². The summed E-state index contributed by atoms with van der Waals surface area (Å²) in [6.45, 7) is 5.46. The molecule has 0 amide bonds. The number of rotatable bonds is 5. The topological polar surface area (TPSA) is 56.3 Å². The smallest absolute Gasteiger partial charge is 0.339 e. The van der Waals surface area contributed by atoms with E-state index in [1.165, 1.54) is 0 Å². The highest BCUT2D eigenvalue weighted by Crippen LogP contribution is 2.30. The Hall–Kier alpha value is -3.50. The summed E-state index contributed by atoms with van der Waals surface area (Å²) >= 11 is 6.31. The highest BCUT2D eigenvalue weighted by molar-refractivity contribution is 6.32. The average Bonchev–Trinajstić information content (AvgIpc) is 2.81. The molecule has 0 aliphatic carbocycles. The summed E-state index contributed by atoms with van der Waals surface area (Å²) in [4.78, 5) is 30.4. The lowest BCUT2D eigenvalue weighted by molar-refractivity contribution is 0.0476. The molecule has 0 radical (unpaired) electrons. The van der Waals surface area contributed by atoms with Crippen molar-refractivity contribution in [1.82, 2.24) is 4.98 Å². The van der Waals surface area contributed by atoms with Gasteiger partial charge < -0.3 is 4.74 Å². The molecule has 0 saturated heterocycles. The number of hydrogen-bond acceptors (Lipinski definition) is 4. The Balaban J connectivity index is 1.69. The van der Waals surface area contributed by atoms with E-state index in [2.05, 4.69) is 0 Å². The maximum absolute atomic E-state index is 13.1. The fourth-order valence-electron chi connectivity index (χ4n) is 3.54. The number of ketones is 1. The van der Waals surface area contributed by atoms with Crippen molar-refractivity contribution in [1.29, 1.82) is 0 Å². The van der Waals surface area contributed by atoms with E-state index in [1.807, 2.05) is 63.2 Å². The largest absolute Gasteiger partial charge is 0.454 e. The van der Waals surface area contributed by atoms with Crippen molar-refractivity contribution >= 4 is 34.3 Å². The number of carbonyl (C=O) groups is 2. The highest BCUT2D eigenvalue weighted by atomic mass is 35.5. The summed E-state index contributed by atoms with van der Waals surface area (Å²) < 4.78 is 5.43. The molecule has 0 fully saturated rings. The number of aryl methyl sites for hydroxylation is 3. The zero-order valence-electron chi connectivity index (χ0n) is 18.1. The molecular weight excluding hydrogens is 422 g/mol. The predicted octanol–water partition coefficient (Wildman–Crippen LogP) is 6.52. The third-order valence-electron chi connectivity index (χ3n) is 5.62. The van der Waals surface area contributed by atoms with Crippen LogP contribution in [0.5, 0.6) is 0 Å². The van der Waals surface area contributed by atoms with Gasteiger partial charge in [-0.15, -0.1) is 0 Å². The molecule has 32 heavy (non-hydrogen) atoms. The molecule has 3 aromatic carbocycles. The minimum atomic E-state index is -0.575. The standard InChI is InChI=1S/C27H22ClNO3/c1-16-9-10-20(13-17(16)2)25(30)15-32-27(31)22-14-24(19-7-5-4-6-8-19)29-26-18(3)23(28)12-11-21(22)26/h4-14H,15H2,1-3H3. The van der Waals surface area contributed by atoms with Crippen LogP contribution in [0.4, 0.5) is 0 Å². The number of ether oxygens (including phenoxy) is 1. The van der Waals surface area contributed by atoms with Gasteiger partial charge in [0.15, 0.2) is 12.4 Å². The first-order valence-electron chi connectivity index (χ1n) is 10.3. The number of pyridine rings is 1. The van der Waals surface area contributed by atoms with Gasteiger partial charge in [0.05, 0.1) is 16.8 Å². The Labute approximate surface area is 191 Å². The van der Waals surface area contributed by atoms with Crippen LogP contribution in [0.3, 0.4) is 0 Å². The van der Waals surface area contributed by atoms with Gasteiger partial charge in [-0.25, -0.2) is 9.78 Å². The number of fused-ring (bicyclic) bond motifs is 1. The van der Waals surface area contributed by atoms with Gasteiger partial charge in [0.1, 0.15) is 0 Å². The number of hydrogen-bond donors (Lipinski definition) is 0. The number of carbonyl (C=O) groups excluding carboxylic acids is 2. The molecule has 160 valence electrons. The van der Waals surface area contributed by atoms with E-state index in [1.54, 1.807) is 24.3 Å². The van der Waals surface area contributed by atoms with E-state index in [0.717, 1.165) is 22.3 Å². The number of benzene rings is 3. The van der Waals surface area contributed by atoms with Gasteiger partial charge in [0.25, 0.3) is 0 Å². The van der Waals surface area contributed by atoms with Crippen LogP contribution in [0, 0.1) is 20.8 Å². The third-order valence-corrected chi connectivity index (χ3v) is 6.03. The molecule has 5 heteroatoms. The van der Waals surface area contributed by atoms with E-state index >= 15 is 0 Å². The molecule has 1 heterocycles. The maximum Gasteiger partial charge on any atom is 0.339 e. The van der Waals surface area contributed by atoms with E-state index in [9.17, 15) is 9.59 Å². The summed E-state index contributed by atoms with van der Waals surface area (Å²) in [7, 11) is 0. The number of Topliss-reactive ketones (excluding diaryl/α,β-unsaturated/α-hetero) is 1. The molecule has 0 aliphatic rings. The van der Waals surface area contributed by atoms with Crippen LogP contribution in [0.15, 0.2) is 66.7 Å². The molecule has 0 aliphatic heterocycles. The van der Waals surface area contributed by atoms with Gasteiger partial charge in [-0.1, -0.05) is 60.1 Å². The minimum Gasteiger partial charge on any atom is -0.454 e. The Morgan fingerprint density at radius 2 is 1.66 bits per heavy atom. The normalized spacial score (nSPS) is 10.9. The zero-order chi connectivity index (χ0) is 22.8. The van der Waals surface area contributed by atoms with Crippen molar-refractivity contribution < 1.29 is 14.3 Å². The van der Waals surface area contributed by atoms with Gasteiger partial charge in [-0.3, -0.25) is 4.79 Å². The van der Waals surface area contributed by atoms with Crippen LogP contribution < -0.4 is 0 Å². The molecule has 0 saturated carbocycles. The highest BCUT2D eigenvalue weighted by Gasteiger charge is 2.19. The quantitative estimate of drug-likeness (QED) is 0.260. The SMILES string of the molecule is Cc1ccc(C(=O)COC(=O)c2cc(-c3ccccc3)nc3c(C)c(Cl)ccc23)cc1C. The van der Waals surface area contributed by atoms with E-state index in [4.69, 9.17) is 21.3 Å². The third kappa shape index (κ3) is 4.27. The molecule has 1 aromatic heterocycles. The average molecular weight is 444 g/mol. The van der Waals surface area contributed by atoms with Crippen molar-refractivity contribution in [2.45, 2.75) is 20.8 Å². The number of esters is 1. The summed E-state index contributed by atoms with van der Waals surface area (Å²) in [6.07, 6.45) is 0. The van der Waals surface area contributed by atoms with Gasteiger partial charge in [0.2, 0.25) is 0 Å². The van der Waals surface area contributed by atoms with E-state index in [0.29, 0.717) is 32.7 Å². The lowest BCUT2D eigenvalue weighted by Crippen LogP contribution is -2.15. The summed E-state index contributed by atoms with van der Waals surface area (Å²) in [5, 5.41) is 1.20. The Kier molecular flexibility index (Phi) is 6.06. The predicted molar refractivity (Wildman–Crippen MR) is 127 cm³/mol. The molecular formula is C27H22ClNO3. The first-order valence-corrected chi connectivity index (χ1v) is 10.7. The van der Waals surface area contributed by atoms with Gasteiger partial charge >= 0.3 is 5.97 Å². The molecule has 4 rings (SSSR count). The van der Waals surface area contributed by atoms with Gasteiger partial charge in [0, 0.05) is 21.5 Å². The molecule has 0 N–H and O–H groups in total. The fraction of sp³-hybridized carbons (Fsp3) is 0.148. The van der Waals surface area contributed by atoms with Gasteiger partial charge in [-0.2, -0.15) is 0 Å². The molecule has 0 atom stereocenters. The van der Waals surface area contributed by atoms with Crippen molar-refractivity contribution in [2.24, 2.45) is 0 Å². The number of nitrogens with zero attached hydrogens (tertiary/aromatic N) is 1. The van der Waals surface area contributed by atoms with Crippen molar-refractivity contribution in [2.75, 3.05) is 6.61 Å². The molecule has 4 nitrogen and oxygen atoms in total. The monoisotopic (exact) mass is 443 g/mol. The Morgan fingerprint density at radius 1 is 0.906 bits per heavy atom. The Bertz CT molecular complexity index is 1350. The molecule has 4 aromatic rings. The first kappa shape index (κ1) is 21.7. The van der Waals surface area contributed by atoms with Crippen LogP contribution in [0.25, 0.3) is 22.2 Å². The van der Waals surface area contributed by atoms with Crippen LogP contribution in [-0.4, -0.2) is 23.3 Å². The second kappa shape index (κ2) is 8.93. The summed E-state index contributed by atoms with van der Waals surface area (Å²) in [6, 6.07) is 20.2. The summed E-state index contributed by atoms with van der Waals surface area (Å²) in [5.74, 6) is -0.823. The first-order chi connectivity index (χ1) is 15.3. The number of halogens is 1. The van der Waals surface area contributed by atoms with Crippen molar-refractivity contribution in [3.05, 3.63) is 99.6 Å². The van der Waals surface area contributed by atoms with Crippen LogP contribution in [0.2, 0.25) is 5.02 Å². The second-order valence-electron chi connectivity index (χ2n) is 7.79. The lowest BCUT2D eigenvalue weighted by Gasteiger charge is -2.12. The minimum absolute atomic E-state index is 0.248. The summed E-state index contributed by atoms with van der Waals surface area (Å²) in [5.41, 5.74) is 5.90. The van der Waals surface area contributed by atoms with Crippen LogP contribution >= 0.6 is 11.6 Å². The molecule has 0 spiro atoms. The van der Waals surface area contributed by atoms with Crippen molar-refractivity contribution in [3.8, 4) is 11.3 Å². The zero-order valence-corrected chi connectivity index (χ0v) is 18.9. The number of aromatic nitrogens is 1. The molecule has 0 bridgehead atoms. The lowest BCUT2D eigenvalue weighted by atomic mass is 10.0. The maximum atomic E-state index is 13.1. The molecule has 0 unspecified atom stereocenters.